The number of aliphatic hydroxyl groups is 1. The van der Waals surface area contributed by atoms with Gasteiger partial charge in [-0.1, -0.05) is 338 Å². The summed E-state index contributed by atoms with van der Waals surface area (Å²) in [6, 6.07) is 0. The molecule has 0 amide bonds. The smallest absolute Gasteiger partial charge is 0.462 e. The van der Waals surface area contributed by atoms with Crippen molar-refractivity contribution in [3.63, 3.8) is 0 Å². The first-order valence-corrected chi connectivity index (χ1v) is 42.7. The molecule has 0 saturated carbocycles. The van der Waals surface area contributed by atoms with E-state index in [0.29, 0.717) is 37.5 Å². The van der Waals surface area contributed by atoms with Crippen molar-refractivity contribution in [3.05, 3.63) is 0 Å². The van der Waals surface area contributed by atoms with E-state index in [-0.39, 0.29) is 25.7 Å². The van der Waals surface area contributed by atoms with E-state index < -0.39 is 97.5 Å². The number of phosphoric acid groups is 2. The van der Waals surface area contributed by atoms with Crippen LogP contribution in [0.2, 0.25) is 0 Å². The van der Waals surface area contributed by atoms with Crippen molar-refractivity contribution in [2.75, 3.05) is 39.6 Å². The number of ether oxygens (including phenoxy) is 4. The van der Waals surface area contributed by atoms with Crippen molar-refractivity contribution in [1.29, 1.82) is 0 Å². The molecular weight excluding hydrogens is 1260 g/mol. The minimum Gasteiger partial charge on any atom is -0.462 e. The third-order valence-corrected chi connectivity index (χ3v) is 20.1. The molecular formula is C77H150O17P2. The average molecular weight is 1410 g/mol. The summed E-state index contributed by atoms with van der Waals surface area (Å²) >= 11 is 0. The summed E-state index contributed by atoms with van der Waals surface area (Å²) in [5.74, 6) is 0.901. The summed E-state index contributed by atoms with van der Waals surface area (Å²) in [6.45, 7) is 14.1. The molecule has 0 spiro atoms. The van der Waals surface area contributed by atoms with Crippen LogP contribution in [0.15, 0.2) is 0 Å². The SMILES string of the molecule is CCC(C)CCCCCCCCCCCCCCCCCCCCC(=O)O[C@H](COC(=O)CCCCCCCCCCCCCCC(C)C)COP(=O)(O)OCC(O)COP(=O)(O)OC[C@@H](COC(=O)CCCCCCCCCC(C)C)OC(=O)CCCCCCCCC(C)C. The van der Waals surface area contributed by atoms with Gasteiger partial charge in [0.2, 0.25) is 0 Å². The highest BCUT2D eigenvalue weighted by molar-refractivity contribution is 7.47. The Kier molecular flexibility index (Phi) is 65.0. The Labute approximate surface area is 588 Å². The lowest BCUT2D eigenvalue weighted by Crippen LogP contribution is -2.30. The molecule has 0 fully saturated rings. The van der Waals surface area contributed by atoms with Gasteiger partial charge < -0.3 is 33.8 Å². The van der Waals surface area contributed by atoms with Crippen LogP contribution in [-0.4, -0.2) is 96.7 Å². The van der Waals surface area contributed by atoms with Crippen molar-refractivity contribution in [1.82, 2.24) is 0 Å². The average Bonchev–Trinajstić information content (AvgIpc) is 1.65. The first kappa shape index (κ1) is 94.1. The molecule has 0 aromatic rings. The van der Waals surface area contributed by atoms with Gasteiger partial charge in [-0.2, -0.15) is 0 Å². The van der Waals surface area contributed by atoms with Crippen molar-refractivity contribution in [3.8, 4) is 0 Å². The third kappa shape index (κ3) is 69.2. The molecule has 6 atom stereocenters. The second-order valence-corrected chi connectivity index (χ2v) is 32.3. The van der Waals surface area contributed by atoms with Crippen LogP contribution in [0.25, 0.3) is 0 Å². The molecule has 570 valence electrons. The predicted octanol–water partition coefficient (Wildman–Crippen LogP) is 22.4. The Bertz CT molecular complexity index is 1890. The van der Waals surface area contributed by atoms with Crippen LogP contribution in [-0.2, 0) is 65.4 Å². The highest BCUT2D eigenvalue weighted by Gasteiger charge is 2.30. The molecule has 4 unspecified atom stereocenters. The van der Waals surface area contributed by atoms with E-state index in [0.717, 1.165) is 108 Å². The van der Waals surface area contributed by atoms with E-state index in [1.807, 2.05) is 0 Å². The van der Waals surface area contributed by atoms with Crippen LogP contribution in [0.1, 0.15) is 389 Å². The number of aliphatic hydroxyl groups excluding tert-OH is 1. The Balaban J connectivity index is 5.18. The molecule has 0 rings (SSSR count). The first-order valence-electron chi connectivity index (χ1n) is 39.7. The fraction of sp³-hybridized carbons (Fsp3) is 0.948. The molecule has 0 aliphatic rings. The first-order chi connectivity index (χ1) is 46.1. The third-order valence-electron chi connectivity index (χ3n) is 18.2. The van der Waals surface area contributed by atoms with Crippen molar-refractivity contribution in [2.45, 2.75) is 408 Å². The van der Waals surface area contributed by atoms with Gasteiger partial charge in [0.05, 0.1) is 26.4 Å². The highest BCUT2D eigenvalue weighted by Crippen LogP contribution is 2.45. The largest absolute Gasteiger partial charge is 0.472 e. The maximum Gasteiger partial charge on any atom is 0.472 e. The van der Waals surface area contributed by atoms with Gasteiger partial charge in [-0.3, -0.25) is 37.3 Å². The molecule has 0 bridgehead atoms. The molecule has 3 N–H and O–H groups in total. The summed E-state index contributed by atoms with van der Waals surface area (Å²) in [5.41, 5.74) is 0. The van der Waals surface area contributed by atoms with Gasteiger partial charge in [-0.15, -0.1) is 0 Å². The second-order valence-electron chi connectivity index (χ2n) is 29.4. The maximum atomic E-state index is 13.1. The van der Waals surface area contributed by atoms with Crippen LogP contribution >= 0.6 is 15.6 Å². The van der Waals surface area contributed by atoms with Crippen LogP contribution in [0.5, 0.6) is 0 Å². The Hall–Kier alpha value is -1.94. The topological polar surface area (TPSA) is 237 Å². The summed E-state index contributed by atoms with van der Waals surface area (Å²) < 4.78 is 68.4. The van der Waals surface area contributed by atoms with Gasteiger partial charge in [0.15, 0.2) is 12.2 Å². The quantitative estimate of drug-likeness (QED) is 0.0222. The standard InChI is InChI=1S/C77H150O17P2/c1-9-70(8)56-48-40-31-25-21-16-14-12-10-11-13-15-17-23-27-33-43-51-59-76(81)93-72(63-87-74(79)57-49-41-32-26-22-19-18-20-24-29-37-45-53-67(2)3)65-91-95(83,84)89-61-71(78)62-90-96(85,86)92-66-73(94-77(82)60-52-44-36-35-39-47-55-69(6)7)64-88-75(80)58-50-42-34-28-30-38-46-54-68(4)5/h67-73,78H,9-66H2,1-8H3,(H,83,84)(H,85,86)/t70?,71?,72-,73-/m1/s1. The lowest BCUT2D eigenvalue weighted by atomic mass is 9.99. The van der Waals surface area contributed by atoms with E-state index in [9.17, 15) is 43.2 Å². The van der Waals surface area contributed by atoms with E-state index in [1.54, 1.807) is 0 Å². The van der Waals surface area contributed by atoms with Crippen molar-refractivity contribution >= 4 is 39.5 Å². The number of phosphoric ester groups is 2. The molecule has 0 aromatic carbocycles. The molecule has 0 aromatic heterocycles. The number of hydrogen-bond donors (Lipinski definition) is 3. The normalized spacial score (nSPS) is 14.4. The monoisotopic (exact) mass is 1410 g/mol. The highest BCUT2D eigenvalue weighted by atomic mass is 31.2. The molecule has 19 heteroatoms. The van der Waals surface area contributed by atoms with Crippen molar-refractivity contribution in [2.24, 2.45) is 23.7 Å². The number of rotatable bonds is 74. The molecule has 96 heavy (non-hydrogen) atoms. The lowest BCUT2D eigenvalue weighted by molar-refractivity contribution is -0.161. The van der Waals surface area contributed by atoms with E-state index in [1.165, 1.54) is 186 Å². The molecule has 0 radical (unpaired) electrons. The second kappa shape index (κ2) is 66.3. The van der Waals surface area contributed by atoms with Crippen LogP contribution < -0.4 is 0 Å². The number of esters is 4. The molecule has 17 nitrogen and oxygen atoms in total. The predicted molar refractivity (Wildman–Crippen MR) is 391 cm³/mol. The molecule has 0 aliphatic heterocycles. The van der Waals surface area contributed by atoms with Crippen LogP contribution in [0, 0.1) is 23.7 Å². The minimum absolute atomic E-state index is 0.101. The number of carbonyl (C=O) groups excluding carboxylic acids is 4. The Morgan fingerprint density at radius 2 is 0.500 bits per heavy atom. The van der Waals surface area contributed by atoms with Crippen molar-refractivity contribution < 1.29 is 80.2 Å². The number of hydrogen-bond acceptors (Lipinski definition) is 15. The fourth-order valence-corrected chi connectivity index (χ4v) is 13.3. The number of carbonyl (C=O) groups is 4. The zero-order chi connectivity index (χ0) is 71.0. The zero-order valence-corrected chi connectivity index (χ0v) is 64.8. The zero-order valence-electron chi connectivity index (χ0n) is 63.0. The summed E-state index contributed by atoms with van der Waals surface area (Å²) in [4.78, 5) is 72.7. The van der Waals surface area contributed by atoms with Gasteiger partial charge >= 0.3 is 39.5 Å². The molecule has 0 heterocycles. The van der Waals surface area contributed by atoms with E-state index in [4.69, 9.17) is 37.0 Å². The summed E-state index contributed by atoms with van der Waals surface area (Å²) in [5, 5.41) is 10.6. The maximum absolute atomic E-state index is 13.1. The minimum atomic E-state index is -4.96. The lowest BCUT2D eigenvalue weighted by Gasteiger charge is -2.21. The Morgan fingerprint density at radius 3 is 0.740 bits per heavy atom. The molecule has 0 aliphatic carbocycles. The molecule has 0 saturated heterocycles. The van der Waals surface area contributed by atoms with Gasteiger partial charge in [0.1, 0.15) is 19.3 Å². The van der Waals surface area contributed by atoms with Gasteiger partial charge in [-0.05, 0) is 49.4 Å². The van der Waals surface area contributed by atoms with Gasteiger partial charge in [-0.25, -0.2) is 9.13 Å². The number of unbranched alkanes of at least 4 members (excludes halogenated alkanes) is 39. The fourth-order valence-electron chi connectivity index (χ4n) is 11.7. The van der Waals surface area contributed by atoms with Gasteiger partial charge in [0, 0.05) is 25.7 Å². The van der Waals surface area contributed by atoms with E-state index >= 15 is 0 Å². The van der Waals surface area contributed by atoms with Crippen LogP contribution in [0.4, 0.5) is 0 Å². The Morgan fingerprint density at radius 1 is 0.292 bits per heavy atom. The van der Waals surface area contributed by atoms with E-state index in [2.05, 4.69) is 55.4 Å². The summed E-state index contributed by atoms with van der Waals surface area (Å²) in [6.07, 6.45) is 51.7. The van der Waals surface area contributed by atoms with Crippen LogP contribution in [0.3, 0.4) is 0 Å². The van der Waals surface area contributed by atoms with Gasteiger partial charge in [0.25, 0.3) is 0 Å². The summed E-state index contributed by atoms with van der Waals surface area (Å²) in [7, 11) is -9.91.